The Morgan fingerprint density at radius 3 is 3.00 bits per heavy atom. The van der Waals surface area contributed by atoms with Gasteiger partial charge in [0.15, 0.2) is 0 Å². The molecular weight excluding hydrogens is 153 g/mol. The highest BCUT2D eigenvalue weighted by molar-refractivity contribution is 6.42. The van der Waals surface area contributed by atoms with E-state index in [1.54, 1.807) is 7.11 Å². The molecule has 0 bridgehead atoms. The summed E-state index contributed by atoms with van der Waals surface area (Å²) in [6, 6.07) is 0.558. The molecule has 0 radical (unpaired) electrons. The van der Waals surface area contributed by atoms with Gasteiger partial charge in [-0.15, -0.1) is 0 Å². The van der Waals surface area contributed by atoms with Crippen LogP contribution in [0.25, 0.3) is 0 Å². The Bertz CT molecular complexity index is 186. The van der Waals surface area contributed by atoms with Crippen molar-refractivity contribution in [1.29, 1.82) is 0 Å². The number of fused-ring (bicyclic) bond motifs is 1. The lowest BCUT2D eigenvalue weighted by atomic mass is 9.98. The van der Waals surface area contributed by atoms with Crippen molar-refractivity contribution < 1.29 is 9.31 Å². The second-order valence-electron chi connectivity index (χ2n) is 4.16. The Balaban J connectivity index is 2.17. The van der Waals surface area contributed by atoms with Crippen LogP contribution in [0.15, 0.2) is 0 Å². The molecular formula is C8H16BNO2. The van der Waals surface area contributed by atoms with Gasteiger partial charge in [-0.25, -0.2) is 0 Å². The van der Waals surface area contributed by atoms with Gasteiger partial charge in [-0.3, -0.25) is 4.81 Å². The predicted molar refractivity (Wildman–Crippen MR) is 47.7 cm³/mol. The standard InChI is InChI=1S/C8H16BNO2/c1-8(2)7-5-4-6-10(7)9(11-3)12-8/h7H,4-6H2,1-3H3/t7-/m0/s1. The van der Waals surface area contributed by atoms with Gasteiger partial charge in [-0.1, -0.05) is 0 Å². The summed E-state index contributed by atoms with van der Waals surface area (Å²) in [6.07, 6.45) is 2.52. The Morgan fingerprint density at radius 2 is 2.33 bits per heavy atom. The fourth-order valence-electron chi connectivity index (χ4n) is 2.38. The third kappa shape index (κ3) is 1.10. The van der Waals surface area contributed by atoms with Crippen LogP contribution < -0.4 is 0 Å². The Morgan fingerprint density at radius 1 is 1.58 bits per heavy atom. The topological polar surface area (TPSA) is 21.7 Å². The summed E-state index contributed by atoms with van der Waals surface area (Å²) >= 11 is 0. The number of hydrogen-bond donors (Lipinski definition) is 0. The molecule has 2 aliphatic heterocycles. The lowest BCUT2D eigenvalue weighted by molar-refractivity contribution is 0.0880. The SMILES string of the molecule is COB1OC(C)(C)[C@@H]2CCCN12. The molecule has 2 aliphatic rings. The minimum atomic E-state index is -0.104. The summed E-state index contributed by atoms with van der Waals surface area (Å²) < 4.78 is 11.0. The first kappa shape index (κ1) is 8.54. The molecule has 0 amide bonds. The van der Waals surface area contributed by atoms with Gasteiger partial charge in [0.05, 0.1) is 5.60 Å². The van der Waals surface area contributed by atoms with Gasteiger partial charge in [0.2, 0.25) is 0 Å². The zero-order chi connectivity index (χ0) is 8.77. The van der Waals surface area contributed by atoms with Gasteiger partial charge in [0, 0.05) is 13.2 Å². The van der Waals surface area contributed by atoms with E-state index in [4.69, 9.17) is 9.31 Å². The minimum absolute atomic E-state index is 0.0306. The average molecular weight is 169 g/mol. The van der Waals surface area contributed by atoms with Crippen LogP contribution in [0.2, 0.25) is 0 Å². The van der Waals surface area contributed by atoms with Gasteiger partial charge < -0.3 is 9.31 Å². The van der Waals surface area contributed by atoms with Gasteiger partial charge in [0.25, 0.3) is 0 Å². The second kappa shape index (κ2) is 2.72. The molecule has 0 aromatic heterocycles. The summed E-state index contributed by atoms with van der Waals surface area (Å²) in [5.74, 6) is 0. The molecule has 3 nitrogen and oxygen atoms in total. The quantitative estimate of drug-likeness (QED) is 0.544. The third-order valence-electron chi connectivity index (χ3n) is 2.97. The molecule has 12 heavy (non-hydrogen) atoms. The summed E-state index contributed by atoms with van der Waals surface area (Å²) in [5, 5.41) is 0. The zero-order valence-electron chi connectivity index (χ0n) is 8.04. The largest absolute Gasteiger partial charge is 0.558 e. The highest BCUT2D eigenvalue weighted by atomic mass is 16.6. The van der Waals surface area contributed by atoms with E-state index in [0.29, 0.717) is 6.04 Å². The van der Waals surface area contributed by atoms with Crippen molar-refractivity contribution in [1.82, 2.24) is 4.81 Å². The molecule has 2 saturated heterocycles. The number of nitrogens with zero attached hydrogens (tertiary/aromatic N) is 1. The van der Waals surface area contributed by atoms with Crippen LogP contribution >= 0.6 is 0 Å². The van der Waals surface area contributed by atoms with Gasteiger partial charge in [-0.2, -0.15) is 0 Å². The highest BCUT2D eigenvalue weighted by Crippen LogP contribution is 2.37. The van der Waals surface area contributed by atoms with E-state index >= 15 is 0 Å². The molecule has 0 N–H and O–H groups in total. The van der Waals surface area contributed by atoms with E-state index < -0.39 is 0 Å². The lowest BCUT2D eigenvalue weighted by Gasteiger charge is -2.25. The van der Waals surface area contributed by atoms with Crippen molar-refractivity contribution in [3.63, 3.8) is 0 Å². The fraction of sp³-hybridized carbons (Fsp3) is 1.00. The van der Waals surface area contributed by atoms with Crippen LogP contribution in [0.3, 0.4) is 0 Å². The lowest BCUT2D eigenvalue weighted by Crippen LogP contribution is -2.39. The van der Waals surface area contributed by atoms with E-state index in [9.17, 15) is 0 Å². The zero-order valence-corrected chi connectivity index (χ0v) is 8.04. The molecule has 1 atom stereocenters. The molecule has 2 fully saturated rings. The summed E-state index contributed by atoms with van der Waals surface area (Å²) in [5.41, 5.74) is -0.0306. The van der Waals surface area contributed by atoms with Crippen molar-refractivity contribution in [2.45, 2.75) is 38.3 Å². The van der Waals surface area contributed by atoms with Crippen LogP contribution in [0.1, 0.15) is 26.7 Å². The predicted octanol–water partition coefficient (Wildman–Crippen LogP) is 0.891. The van der Waals surface area contributed by atoms with E-state index in [1.165, 1.54) is 12.8 Å². The Labute approximate surface area is 74.2 Å². The molecule has 0 unspecified atom stereocenters. The molecule has 0 saturated carbocycles. The molecule has 68 valence electrons. The maximum atomic E-state index is 5.77. The third-order valence-corrected chi connectivity index (χ3v) is 2.97. The molecule has 4 heteroatoms. The van der Waals surface area contributed by atoms with Gasteiger partial charge >= 0.3 is 7.25 Å². The van der Waals surface area contributed by atoms with Crippen molar-refractivity contribution >= 4 is 7.25 Å². The first-order chi connectivity index (χ1) is 5.65. The Hall–Kier alpha value is -0.0551. The maximum absolute atomic E-state index is 5.77. The van der Waals surface area contributed by atoms with Crippen LogP contribution in [-0.4, -0.2) is 37.4 Å². The van der Waals surface area contributed by atoms with Crippen LogP contribution in [0.4, 0.5) is 0 Å². The first-order valence-electron chi connectivity index (χ1n) is 4.61. The fourth-order valence-corrected chi connectivity index (χ4v) is 2.38. The van der Waals surface area contributed by atoms with Crippen molar-refractivity contribution in [2.75, 3.05) is 13.7 Å². The van der Waals surface area contributed by atoms with Crippen molar-refractivity contribution in [3.8, 4) is 0 Å². The molecule has 0 aliphatic carbocycles. The maximum Gasteiger partial charge on any atom is 0.558 e. The first-order valence-corrected chi connectivity index (χ1v) is 4.61. The molecule has 0 aromatic carbocycles. The molecule has 2 heterocycles. The van der Waals surface area contributed by atoms with E-state index in [0.717, 1.165) is 6.54 Å². The monoisotopic (exact) mass is 169 g/mol. The summed E-state index contributed by atoms with van der Waals surface area (Å²) in [4.78, 5) is 2.32. The second-order valence-corrected chi connectivity index (χ2v) is 4.16. The van der Waals surface area contributed by atoms with E-state index in [2.05, 4.69) is 18.7 Å². The van der Waals surface area contributed by atoms with Gasteiger partial charge in [0.1, 0.15) is 0 Å². The van der Waals surface area contributed by atoms with Crippen molar-refractivity contribution in [3.05, 3.63) is 0 Å². The summed E-state index contributed by atoms with van der Waals surface area (Å²) in [6.45, 7) is 5.41. The van der Waals surface area contributed by atoms with Crippen LogP contribution in [0.5, 0.6) is 0 Å². The normalized spacial score (nSPS) is 34.2. The minimum Gasteiger partial charge on any atom is -0.400 e. The van der Waals surface area contributed by atoms with Gasteiger partial charge in [-0.05, 0) is 33.2 Å². The molecule has 0 aromatic rings. The average Bonchev–Trinajstić information content (AvgIpc) is 2.54. The molecule has 2 rings (SSSR count). The van der Waals surface area contributed by atoms with Crippen LogP contribution in [0, 0.1) is 0 Å². The smallest absolute Gasteiger partial charge is 0.400 e. The Kier molecular flexibility index (Phi) is 1.94. The summed E-state index contributed by atoms with van der Waals surface area (Å²) in [7, 11) is 1.61. The van der Waals surface area contributed by atoms with Crippen molar-refractivity contribution in [2.24, 2.45) is 0 Å². The van der Waals surface area contributed by atoms with Crippen LogP contribution in [-0.2, 0) is 9.31 Å². The highest BCUT2D eigenvalue weighted by Gasteiger charge is 2.53. The number of hydrogen-bond acceptors (Lipinski definition) is 3. The van der Waals surface area contributed by atoms with E-state index in [1.807, 2.05) is 0 Å². The molecule has 0 spiro atoms. The number of rotatable bonds is 1. The van der Waals surface area contributed by atoms with E-state index in [-0.39, 0.29) is 12.9 Å².